The van der Waals surface area contributed by atoms with Crippen LogP contribution in [0.15, 0.2) is 0 Å². The van der Waals surface area contributed by atoms with E-state index in [2.05, 4.69) is 0 Å². The molecule has 0 aromatic rings. The third-order valence-electron chi connectivity index (χ3n) is 1.17. The summed E-state index contributed by atoms with van der Waals surface area (Å²) < 4.78 is 15.1. The Kier molecular flexibility index (Phi) is 1.75. The molecule has 0 aliphatic carbocycles. The van der Waals surface area contributed by atoms with Crippen molar-refractivity contribution in [3.63, 3.8) is 0 Å². The highest BCUT2D eigenvalue weighted by Crippen LogP contribution is 2.21. The van der Waals surface area contributed by atoms with Gasteiger partial charge in [0, 0.05) is 7.11 Å². The minimum Gasteiger partial charge on any atom is -0.333 e. The smallest absolute Gasteiger partial charge is 0.272 e. The number of hydrogen-bond acceptors (Lipinski definition) is 3. The molecule has 1 unspecified atom stereocenters. The second kappa shape index (κ2) is 2.25. The molecule has 0 bridgehead atoms. The van der Waals surface area contributed by atoms with Crippen LogP contribution in [0.25, 0.3) is 0 Å². The molecule has 3 heteroatoms. The molecule has 0 spiro atoms. The first-order chi connectivity index (χ1) is 4.14. The maximum absolute atomic E-state index is 5.25. The summed E-state index contributed by atoms with van der Waals surface area (Å²) in [6.45, 7) is 4.07. The summed E-state index contributed by atoms with van der Waals surface area (Å²) in [6.07, 6.45) is 0. The lowest BCUT2D eigenvalue weighted by atomic mass is 10.2. The lowest BCUT2D eigenvalue weighted by Gasteiger charge is -2.14. The Bertz CT molecular complexity index is 100. The molecule has 0 saturated carbocycles. The van der Waals surface area contributed by atoms with E-state index < -0.39 is 6.48 Å². The van der Waals surface area contributed by atoms with Crippen molar-refractivity contribution < 1.29 is 14.2 Å². The Hall–Kier alpha value is -0.120. The molecule has 0 N–H and O–H groups in total. The maximum atomic E-state index is 5.25. The Morgan fingerprint density at radius 2 is 2.22 bits per heavy atom. The quantitative estimate of drug-likeness (QED) is 0.526. The van der Waals surface area contributed by atoms with Gasteiger partial charge in [0.05, 0.1) is 12.2 Å². The SMILES string of the molecule is COC1OCC(C)(C)O1. The summed E-state index contributed by atoms with van der Waals surface area (Å²) in [5.74, 6) is 0. The van der Waals surface area contributed by atoms with Crippen molar-refractivity contribution in [2.24, 2.45) is 0 Å². The monoisotopic (exact) mass is 132 g/mol. The van der Waals surface area contributed by atoms with Gasteiger partial charge in [0.25, 0.3) is 6.48 Å². The van der Waals surface area contributed by atoms with Crippen molar-refractivity contribution in [3.8, 4) is 0 Å². The van der Waals surface area contributed by atoms with Gasteiger partial charge in [-0.2, -0.15) is 0 Å². The Morgan fingerprint density at radius 3 is 2.44 bits per heavy atom. The minimum absolute atomic E-state index is 0.180. The molecule has 3 nitrogen and oxygen atoms in total. The summed E-state index contributed by atoms with van der Waals surface area (Å²) in [5, 5.41) is 0. The van der Waals surface area contributed by atoms with Crippen LogP contribution in [0.2, 0.25) is 0 Å². The molecule has 1 heterocycles. The molecule has 0 amide bonds. The van der Waals surface area contributed by atoms with Gasteiger partial charge in [-0.15, -0.1) is 0 Å². The largest absolute Gasteiger partial charge is 0.333 e. The van der Waals surface area contributed by atoms with Crippen LogP contribution in [0.5, 0.6) is 0 Å². The number of hydrogen-bond donors (Lipinski definition) is 0. The van der Waals surface area contributed by atoms with Crippen LogP contribution in [0.1, 0.15) is 13.8 Å². The van der Waals surface area contributed by atoms with Gasteiger partial charge in [-0.05, 0) is 13.8 Å². The average molecular weight is 132 g/mol. The van der Waals surface area contributed by atoms with E-state index in [4.69, 9.17) is 14.2 Å². The summed E-state index contributed by atoms with van der Waals surface area (Å²) in [4.78, 5) is 0. The van der Waals surface area contributed by atoms with Crippen molar-refractivity contribution in [2.75, 3.05) is 13.7 Å². The topological polar surface area (TPSA) is 27.7 Å². The second-order valence-corrected chi connectivity index (χ2v) is 2.71. The van der Waals surface area contributed by atoms with Crippen molar-refractivity contribution in [3.05, 3.63) is 0 Å². The Labute approximate surface area is 54.9 Å². The van der Waals surface area contributed by atoms with Crippen LogP contribution in [-0.4, -0.2) is 25.8 Å². The molecule has 1 aliphatic rings. The summed E-state index contributed by atoms with van der Waals surface area (Å²) in [7, 11) is 1.56. The van der Waals surface area contributed by atoms with Gasteiger partial charge in [0.1, 0.15) is 0 Å². The van der Waals surface area contributed by atoms with Gasteiger partial charge in [0.15, 0.2) is 0 Å². The van der Waals surface area contributed by atoms with E-state index in [9.17, 15) is 0 Å². The van der Waals surface area contributed by atoms with Crippen LogP contribution >= 0.6 is 0 Å². The summed E-state index contributed by atoms with van der Waals surface area (Å²) in [6, 6.07) is 0. The van der Waals surface area contributed by atoms with Crippen LogP contribution in [-0.2, 0) is 14.2 Å². The number of ether oxygens (including phenoxy) is 3. The van der Waals surface area contributed by atoms with E-state index >= 15 is 0 Å². The van der Waals surface area contributed by atoms with Crippen molar-refractivity contribution in [1.29, 1.82) is 0 Å². The van der Waals surface area contributed by atoms with E-state index in [0.29, 0.717) is 6.61 Å². The zero-order chi connectivity index (χ0) is 6.91. The molecule has 1 aliphatic heterocycles. The van der Waals surface area contributed by atoms with Gasteiger partial charge >= 0.3 is 0 Å². The Balaban J connectivity index is 2.38. The summed E-state index contributed by atoms with van der Waals surface area (Å²) >= 11 is 0. The lowest BCUT2D eigenvalue weighted by molar-refractivity contribution is -0.232. The minimum atomic E-state index is -0.458. The fourth-order valence-corrected chi connectivity index (χ4v) is 0.713. The zero-order valence-corrected chi connectivity index (χ0v) is 6.01. The standard InChI is InChI=1S/C6H12O3/c1-6(2)4-8-5(7-3)9-6/h5H,4H2,1-3H3. The van der Waals surface area contributed by atoms with Crippen molar-refractivity contribution in [2.45, 2.75) is 25.9 Å². The normalized spacial score (nSPS) is 33.0. The van der Waals surface area contributed by atoms with Crippen molar-refractivity contribution in [1.82, 2.24) is 0 Å². The fourth-order valence-electron chi connectivity index (χ4n) is 0.713. The third-order valence-corrected chi connectivity index (χ3v) is 1.17. The second-order valence-electron chi connectivity index (χ2n) is 2.71. The third kappa shape index (κ3) is 1.64. The van der Waals surface area contributed by atoms with Gasteiger partial charge in [-0.3, -0.25) is 0 Å². The van der Waals surface area contributed by atoms with Crippen LogP contribution in [0.4, 0.5) is 0 Å². The molecule has 1 saturated heterocycles. The zero-order valence-electron chi connectivity index (χ0n) is 6.01. The van der Waals surface area contributed by atoms with Crippen LogP contribution < -0.4 is 0 Å². The molecule has 9 heavy (non-hydrogen) atoms. The number of methoxy groups -OCH3 is 1. The predicted molar refractivity (Wildman–Crippen MR) is 31.9 cm³/mol. The highest BCUT2D eigenvalue weighted by molar-refractivity contribution is 4.70. The first-order valence-electron chi connectivity index (χ1n) is 2.96. The highest BCUT2D eigenvalue weighted by atomic mass is 16.9. The molecule has 1 fully saturated rings. The summed E-state index contributed by atoms with van der Waals surface area (Å²) in [5.41, 5.74) is -0.180. The maximum Gasteiger partial charge on any atom is 0.272 e. The molecular weight excluding hydrogens is 120 g/mol. The first kappa shape index (κ1) is 6.99. The van der Waals surface area contributed by atoms with Gasteiger partial charge in [0.2, 0.25) is 0 Å². The average Bonchev–Trinajstić information content (AvgIpc) is 2.10. The lowest BCUT2D eigenvalue weighted by Crippen LogP contribution is -2.23. The molecule has 54 valence electrons. The van der Waals surface area contributed by atoms with Gasteiger partial charge in [-0.1, -0.05) is 0 Å². The first-order valence-corrected chi connectivity index (χ1v) is 2.96. The van der Waals surface area contributed by atoms with E-state index in [-0.39, 0.29) is 5.60 Å². The van der Waals surface area contributed by atoms with E-state index in [1.807, 2.05) is 13.8 Å². The van der Waals surface area contributed by atoms with Crippen LogP contribution in [0, 0.1) is 0 Å². The van der Waals surface area contributed by atoms with Crippen molar-refractivity contribution >= 4 is 0 Å². The highest BCUT2D eigenvalue weighted by Gasteiger charge is 2.32. The van der Waals surface area contributed by atoms with Gasteiger partial charge in [-0.25, -0.2) is 0 Å². The van der Waals surface area contributed by atoms with Crippen LogP contribution in [0.3, 0.4) is 0 Å². The Morgan fingerprint density at radius 1 is 1.56 bits per heavy atom. The fraction of sp³-hybridized carbons (Fsp3) is 1.00. The number of rotatable bonds is 1. The van der Waals surface area contributed by atoms with E-state index in [1.54, 1.807) is 7.11 Å². The van der Waals surface area contributed by atoms with E-state index in [0.717, 1.165) is 0 Å². The predicted octanol–water partition coefficient (Wildman–Crippen LogP) is 0.742. The molecule has 0 aromatic heterocycles. The molecule has 1 rings (SSSR count). The molecule has 0 aromatic carbocycles. The molecule has 1 atom stereocenters. The van der Waals surface area contributed by atoms with E-state index in [1.165, 1.54) is 0 Å². The molecular formula is C6H12O3. The van der Waals surface area contributed by atoms with Gasteiger partial charge < -0.3 is 14.2 Å². The molecule has 0 radical (unpaired) electrons.